The number of benzene rings is 1. The van der Waals surface area contributed by atoms with E-state index in [0.29, 0.717) is 11.6 Å². The number of anilines is 2. The molecule has 0 amide bonds. The van der Waals surface area contributed by atoms with Crippen LogP contribution in [-0.4, -0.2) is 9.97 Å². The number of nitrogens with zero attached hydrogens (tertiary/aromatic N) is 3. The van der Waals surface area contributed by atoms with Gasteiger partial charge in [-0.3, -0.25) is 0 Å². The van der Waals surface area contributed by atoms with Crippen LogP contribution in [-0.2, 0) is 0 Å². The summed E-state index contributed by atoms with van der Waals surface area (Å²) in [5, 5.41) is 12.0. The molecule has 1 N–H and O–H groups in total. The summed E-state index contributed by atoms with van der Waals surface area (Å²) in [6, 6.07) is 9.69. The van der Waals surface area contributed by atoms with Gasteiger partial charge in [0.05, 0.1) is 0 Å². The number of aryl methyl sites for hydroxylation is 2. The molecule has 0 fully saturated rings. The Morgan fingerprint density at radius 2 is 1.94 bits per heavy atom. The van der Waals surface area contributed by atoms with Crippen molar-refractivity contribution < 1.29 is 0 Å². The van der Waals surface area contributed by atoms with Gasteiger partial charge >= 0.3 is 0 Å². The van der Waals surface area contributed by atoms with Crippen molar-refractivity contribution in [3.8, 4) is 6.07 Å². The standard InChI is InChI=1S/C14H14N4/c1-9-5-4-6-13(11(9)3)18-14-16-10(2)7-12(8-15)17-14/h4-7H,1-3H3,(H,16,17,18). The molecule has 1 aromatic heterocycles. The normalized spacial score (nSPS) is 9.89. The summed E-state index contributed by atoms with van der Waals surface area (Å²) in [4.78, 5) is 8.41. The molecule has 0 saturated heterocycles. The van der Waals surface area contributed by atoms with E-state index in [2.05, 4.69) is 28.3 Å². The molecule has 0 bridgehead atoms. The highest BCUT2D eigenvalue weighted by Crippen LogP contribution is 2.21. The lowest BCUT2D eigenvalue weighted by atomic mass is 10.1. The second-order valence-electron chi connectivity index (χ2n) is 4.20. The minimum Gasteiger partial charge on any atom is -0.324 e. The lowest BCUT2D eigenvalue weighted by Crippen LogP contribution is -2.02. The Balaban J connectivity index is 2.37. The SMILES string of the molecule is Cc1cc(C#N)nc(Nc2cccc(C)c2C)n1. The van der Waals surface area contributed by atoms with Crippen LogP contribution in [0.5, 0.6) is 0 Å². The lowest BCUT2D eigenvalue weighted by molar-refractivity contribution is 1.08. The minimum atomic E-state index is 0.371. The lowest BCUT2D eigenvalue weighted by Gasteiger charge is -2.10. The van der Waals surface area contributed by atoms with Crippen molar-refractivity contribution in [2.45, 2.75) is 20.8 Å². The van der Waals surface area contributed by atoms with Crippen LogP contribution in [0.1, 0.15) is 22.5 Å². The predicted molar refractivity (Wildman–Crippen MR) is 70.7 cm³/mol. The van der Waals surface area contributed by atoms with Crippen LogP contribution in [0.25, 0.3) is 0 Å². The molecule has 18 heavy (non-hydrogen) atoms. The maximum atomic E-state index is 8.88. The van der Waals surface area contributed by atoms with Gasteiger partial charge in [0.15, 0.2) is 0 Å². The maximum absolute atomic E-state index is 8.88. The Kier molecular flexibility index (Phi) is 3.24. The topological polar surface area (TPSA) is 61.6 Å². The Labute approximate surface area is 106 Å². The van der Waals surface area contributed by atoms with Gasteiger partial charge in [0.25, 0.3) is 0 Å². The molecule has 4 nitrogen and oxygen atoms in total. The third kappa shape index (κ3) is 2.46. The van der Waals surface area contributed by atoms with E-state index < -0.39 is 0 Å². The smallest absolute Gasteiger partial charge is 0.228 e. The van der Waals surface area contributed by atoms with Gasteiger partial charge < -0.3 is 5.32 Å². The fourth-order valence-corrected chi connectivity index (χ4v) is 1.69. The number of aromatic nitrogens is 2. The summed E-state index contributed by atoms with van der Waals surface area (Å²) in [6.07, 6.45) is 0. The zero-order valence-electron chi connectivity index (χ0n) is 10.7. The summed E-state index contributed by atoms with van der Waals surface area (Å²) < 4.78 is 0. The van der Waals surface area contributed by atoms with E-state index in [1.54, 1.807) is 6.07 Å². The van der Waals surface area contributed by atoms with E-state index in [4.69, 9.17) is 5.26 Å². The van der Waals surface area contributed by atoms with E-state index in [9.17, 15) is 0 Å². The fourth-order valence-electron chi connectivity index (χ4n) is 1.69. The zero-order chi connectivity index (χ0) is 13.1. The maximum Gasteiger partial charge on any atom is 0.228 e. The van der Waals surface area contributed by atoms with Crippen LogP contribution in [0.2, 0.25) is 0 Å². The van der Waals surface area contributed by atoms with Gasteiger partial charge in [-0.25, -0.2) is 9.97 Å². The number of rotatable bonds is 2. The second kappa shape index (κ2) is 4.84. The summed E-state index contributed by atoms with van der Waals surface area (Å²) in [6.45, 7) is 5.94. The average molecular weight is 238 g/mol. The first kappa shape index (κ1) is 12.1. The Morgan fingerprint density at radius 3 is 2.67 bits per heavy atom. The van der Waals surface area contributed by atoms with Crippen molar-refractivity contribution in [1.82, 2.24) is 9.97 Å². The van der Waals surface area contributed by atoms with Crippen molar-refractivity contribution in [1.29, 1.82) is 5.26 Å². The van der Waals surface area contributed by atoms with E-state index >= 15 is 0 Å². The summed E-state index contributed by atoms with van der Waals surface area (Å²) in [5.41, 5.74) is 4.46. The van der Waals surface area contributed by atoms with Gasteiger partial charge in [-0.2, -0.15) is 5.26 Å². The number of hydrogen-bond acceptors (Lipinski definition) is 4. The number of nitrogens with one attached hydrogen (secondary N) is 1. The molecule has 0 radical (unpaired) electrons. The quantitative estimate of drug-likeness (QED) is 0.873. The third-order valence-corrected chi connectivity index (χ3v) is 2.82. The molecule has 2 aromatic rings. The van der Waals surface area contributed by atoms with Crippen LogP contribution in [0.4, 0.5) is 11.6 Å². The molecule has 0 aliphatic heterocycles. The van der Waals surface area contributed by atoms with E-state index in [0.717, 1.165) is 16.9 Å². The molecular formula is C14H14N4. The van der Waals surface area contributed by atoms with Gasteiger partial charge in [0.1, 0.15) is 11.8 Å². The fraction of sp³-hybridized carbons (Fsp3) is 0.214. The van der Waals surface area contributed by atoms with Crippen LogP contribution in [0, 0.1) is 32.1 Å². The highest BCUT2D eigenvalue weighted by molar-refractivity contribution is 5.60. The zero-order valence-corrected chi connectivity index (χ0v) is 10.7. The molecule has 0 aliphatic carbocycles. The minimum absolute atomic E-state index is 0.371. The van der Waals surface area contributed by atoms with Crippen molar-refractivity contribution >= 4 is 11.6 Å². The first-order valence-electron chi connectivity index (χ1n) is 5.69. The first-order valence-corrected chi connectivity index (χ1v) is 5.69. The summed E-state index contributed by atoms with van der Waals surface area (Å²) in [7, 11) is 0. The second-order valence-corrected chi connectivity index (χ2v) is 4.20. The van der Waals surface area contributed by atoms with E-state index in [1.165, 1.54) is 5.56 Å². The van der Waals surface area contributed by atoms with E-state index in [1.807, 2.05) is 32.0 Å². The number of nitriles is 1. The summed E-state index contributed by atoms with van der Waals surface area (Å²) >= 11 is 0. The van der Waals surface area contributed by atoms with Gasteiger partial charge in [-0.05, 0) is 44.0 Å². The third-order valence-electron chi connectivity index (χ3n) is 2.82. The monoisotopic (exact) mass is 238 g/mol. The molecule has 1 aromatic carbocycles. The summed E-state index contributed by atoms with van der Waals surface area (Å²) in [5.74, 6) is 0.459. The largest absolute Gasteiger partial charge is 0.324 e. The highest BCUT2D eigenvalue weighted by Gasteiger charge is 2.05. The van der Waals surface area contributed by atoms with Gasteiger partial charge in [-0.1, -0.05) is 12.1 Å². The predicted octanol–water partition coefficient (Wildman–Crippen LogP) is 3.02. The highest BCUT2D eigenvalue weighted by atomic mass is 15.1. The van der Waals surface area contributed by atoms with Crippen molar-refractivity contribution in [3.63, 3.8) is 0 Å². The average Bonchev–Trinajstić information content (AvgIpc) is 2.34. The molecule has 0 saturated carbocycles. The molecule has 4 heteroatoms. The first-order chi connectivity index (χ1) is 8.60. The molecular weight excluding hydrogens is 224 g/mol. The molecule has 0 aliphatic rings. The Hall–Kier alpha value is -2.41. The molecule has 2 rings (SSSR count). The Bertz CT molecular complexity index is 626. The van der Waals surface area contributed by atoms with Gasteiger partial charge in [-0.15, -0.1) is 0 Å². The van der Waals surface area contributed by atoms with Crippen LogP contribution in [0.15, 0.2) is 24.3 Å². The molecule has 0 spiro atoms. The molecule has 90 valence electrons. The molecule has 0 atom stereocenters. The Morgan fingerprint density at radius 1 is 1.17 bits per heavy atom. The molecule has 0 unspecified atom stereocenters. The van der Waals surface area contributed by atoms with Gasteiger partial charge in [0.2, 0.25) is 5.95 Å². The van der Waals surface area contributed by atoms with Crippen LogP contribution in [0.3, 0.4) is 0 Å². The molecule has 1 heterocycles. The van der Waals surface area contributed by atoms with Crippen LogP contribution >= 0.6 is 0 Å². The number of hydrogen-bond donors (Lipinski definition) is 1. The van der Waals surface area contributed by atoms with Crippen molar-refractivity contribution in [2.75, 3.05) is 5.32 Å². The van der Waals surface area contributed by atoms with Crippen molar-refractivity contribution in [3.05, 3.63) is 46.8 Å². The van der Waals surface area contributed by atoms with E-state index in [-0.39, 0.29) is 0 Å². The van der Waals surface area contributed by atoms with Crippen molar-refractivity contribution in [2.24, 2.45) is 0 Å². The van der Waals surface area contributed by atoms with Gasteiger partial charge in [0, 0.05) is 11.4 Å². The van der Waals surface area contributed by atoms with Crippen LogP contribution < -0.4 is 5.32 Å².